The first-order valence-electron chi connectivity index (χ1n) is 3.45. The van der Waals surface area contributed by atoms with Gasteiger partial charge in [0.1, 0.15) is 0 Å². The molecule has 7 nitrogen and oxygen atoms in total. The number of hydrogen-bond donors (Lipinski definition) is 3. The maximum absolute atomic E-state index is 12.0. The lowest BCUT2D eigenvalue weighted by atomic mass is 10.3. The molecule has 1 heterocycles. The highest BCUT2D eigenvalue weighted by Gasteiger charge is 2.47. The molecule has 0 fully saturated rings. The number of nitro groups is 1. The predicted molar refractivity (Wildman–Crippen MR) is 37.8 cm³/mol. The fourth-order valence-electron chi connectivity index (χ4n) is 0.881. The van der Waals surface area contributed by atoms with E-state index in [0.717, 1.165) is 0 Å². The molecule has 0 aromatic heterocycles. The zero-order valence-corrected chi connectivity index (χ0v) is 6.83. The molecule has 0 saturated heterocycles. The van der Waals surface area contributed by atoms with Gasteiger partial charge < -0.3 is 15.7 Å². The number of amides is 1. The van der Waals surface area contributed by atoms with Gasteiger partial charge in [-0.25, -0.2) is 0 Å². The molecule has 0 bridgehead atoms. The second-order valence-electron chi connectivity index (χ2n) is 2.55. The Morgan fingerprint density at radius 1 is 1.40 bits per heavy atom. The summed E-state index contributed by atoms with van der Waals surface area (Å²) in [6.45, 7) is 0. The standard InChI is InChI=1S/C5H4F3N3O4/c6-5(7,8)4-9-2(12)1(11(14)15)3(13)10-4/h4,9,12H,(H,10,13). The molecular formula is C5H4F3N3O4. The molecule has 1 aliphatic heterocycles. The van der Waals surface area contributed by atoms with Gasteiger partial charge in [0, 0.05) is 0 Å². The van der Waals surface area contributed by atoms with Crippen molar-refractivity contribution in [2.45, 2.75) is 12.3 Å². The van der Waals surface area contributed by atoms with Crippen molar-refractivity contribution < 1.29 is 28.0 Å². The average Bonchev–Trinajstić information content (AvgIpc) is 1.99. The molecular weight excluding hydrogens is 223 g/mol. The average molecular weight is 227 g/mol. The Hall–Kier alpha value is -2.00. The van der Waals surface area contributed by atoms with Crippen LogP contribution in [-0.2, 0) is 4.79 Å². The fourth-order valence-corrected chi connectivity index (χ4v) is 0.881. The first-order valence-corrected chi connectivity index (χ1v) is 3.45. The van der Waals surface area contributed by atoms with E-state index in [4.69, 9.17) is 5.11 Å². The Morgan fingerprint density at radius 2 is 1.93 bits per heavy atom. The predicted octanol–water partition coefficient (Wildman–Crippen LogP) is -0.402. The first-order chi connectivity index (χ1) is 6.73. The highest BCUT2D eigenvalue weighted by atomic mass is 19.4. The van der Waals surface area contributed by atoms with E-state index in [9.17, 15) is 28.1 Å². The Labute approximate surface area is 79.7 Å². The van der Waals surface area contributed by atoms with Crippen LogP contribution in [-0.4, -0.2) is 28.3 Å². The summed E-state index contributed by atoms with van der Waals surface area (Å²) >= 11 is 0. The quantitative estimate of drug-likeness (QED) is 0.417. The van der Waals surface area contributed by atoms with Gasteiger partial charge in [0.2, 0.25) is 6.17 Å². The van der Waals surface area contributed by atoms with E-state index in [2.05, 4.69) is 0 Å². The van der Waals surface area contributed by atoms with Gasteiger partial charge in [0.15, 0.2) is 0 Å². The second-order valence-corrected chi connectivity index (χ2v) is 2.55. The summed E-state index contributed by atoms with van der Waals surface area (Å²) in [5, 5.41) is 21.6. The third kappa shape index (κ3) is 2.08. The minimum absolute atomic E-state index is 1.28. The molecule has 3 N–H and O–H groups in total. The smallest absolute Gasteiger partial charge is 0.427 e. The summed E-state index contributed by atoms with van der Waals surface area (Å²) in [4.78, 5) is 19.6. The van der Waals surface area contributed by atoms with Crippen LogP contribution in [0.4, 0.5) is 13.2 Å². The third-order valence-electron chi connectivity index (χ3n) is 1.51. The molecule has 10 heteroatoms. The van der Waals surface area contributed by atoms with E-state index in [0.29, 0.717) is 0 Å². The second kappa shape index (κ2) is 3.29. The lowest BCUT2D eigenvalue weighted by Crippen LogP contribution is -2.58. The van der Waals surface area contributed by atoms with Crippen LogP contribution in [0.3, 0.4) is 0 Å². The van der Waals surface area contributed by atoms with Gasteiger partial charge in [-0.15, -0.1) is 0 Å². The van der Waals surface area contributed by atoms with Crippen LogP contribution in [0.2, 0.25) is 0 Å². The van der Waals surface area contributed by atoms with Gasteiger partial charge in [-0.2, -0.15) is 13.2 Å². The van der Waals surface area contributed by atoms with Crippen molar-refractivity contribution in [1.29, 1.82) is 0 Å². The highest BCUT2D eigenvalue weighted by molar-refractivity contribution is 5.92. The number of halogens is 3. The van der Waals surface area contributed by atoms with Crippen LogP contribution >= 0.6 is 0 Å². The minimum Gasteiger partial charge on any atom is -0.490 e. The number of aliphatic hydroxyl groups excluding tert-OH is 1. The van der Waals surface area contributed by atoms with Crippen molar-refractivity contribution in [1.82, 2.24) is 10.6 Å². The molecule has 0 spiro atoms. The Bertz CT molecular complexity index is 350. The van der Waals surface area contributed by atoms with Crippen LogP contribution in [0.5, 0.6) is 0 Å². The van der Waals surface area contributed by atoms with Gasteiger partial charge in [0.25, 0.3) is 5.88 Å². The normalized spacial score (nSPS) is 22.1. The van der Waals surface area contributed by atoms with Gasteiger partial charge in [-0.05, 0) is 0 Å². The van der Waals surface area contributed by atoms with Crippen molar-refractivity contribution in [3.05, 3.63) is 21.7 Å². The summed E-state index contributed by atoms with van der Waals surface area (Å²) < 4.78 is 36.1. The Kier molecular flexibility index (Phi) is 2.43. The number of rotatable bonds is 1. The monoisotopic (exact) mass is 227 g/mol. The number of nitrogens with one attached hydrogen (secondary N) is 2. The lowest BCUT2D eigenvalue weighted by Gasteiger charge is -2.25. The molecule has 0 aliphatic carbocycles. The topological polar surface area (TPSA) is 104 Å². The van der Waals surface area contributed by atoms with Gasteiger partial charge >= 0.3 is 17.8 Å². The van der Waals surface area contributed by atoms with E-state index in [1.807, 2.05) is 0 Å². The number of carbonyl (C=O) groups is 1. The van der Waals surface area contributed by atoms with E-state index < -0.39 is 34.8 Å². The van der Waals surface area contributed by atoms with Crippen LogP contribution in [0.25, 0.3) is 0 Å². The third-order valence-corrected chi connectivity index (χ3v) is 1.51. The van der Waals surface area contributed by atoms with Crippen LogP contribution in [0.15, 0.2) is 11.6 Å². The largest absolute Gasteiger partial charge is 0.490 e. The molecule has 1 aliphatic rings. The molecule has 0 aromatic rings. The molecule has 84 valence electrons. The molecule has 0 aromatic carbocycles. The van der Waals surface area contributed by atoms with Gasteiger partial charge in [0.05, 0.1) is 4.92 Å². The number of nitrogens with zero attached hydrogens (tertiary/aromatic N) is 1. The fraction of sp³-hybridized carbons (Fsp3) is 0.400. The molecule has 0 radical (unpaired) electrons. The van der Waals surface area contributed by atoms with Crippen LogP contribution < -0.4 is 10.6 Å². The van der Waals surface area contributed by atoms with E-state index in [1.54, 1.807) is 0 Å². The van der Waals surface area contributed by atoms with E-state index >= 15 is 0 Å². The van der Waals surface area contributed by atoms with Gasteiger partial charge in [-0.1, -0.05) is 0 Å². The van der Waals surface area contributed by atoms with Gasteiger partial charge in [-0.3, -0.25) is 14.9 Å². The summed E-state index contributed by atoms with van der Waals surface area (Å²) in [6, 6.07) is 0. The molecule has 15 heavy (non-hydrogen) atoms. The number of aliphatic hydroxyl groups is 1. The van der Waals surface area contributed by atoms with Crippen LogP contribution in [0, 0.1) is 10.1 Å². The van der Waals surface area contributed by atoms with Crippen molar-refractivity contribution in [3.63, 3.8) is 0 Å². The van der Waals surface area contributed by atoms with E-state index in [1.165, 1.54) is 10.6 Å². The highest BCUT2D eigenvalue weighted by Crippen LogP contribution is 2.22. The molecule has 1 atom stereocenters. The summed E-state index contributed by atoms with van der Waals surface area (Å²) in [5.74, 6) is -3.01. The first kappa shape index (κ1) is 11.1. The number of hydrogen-bond acceptors (Lipinski definition) is 5. The van der Waals surface area contributed by atoms with Crippen molar-refractivity contribution in [2.24, 2.45) is 0 Å². The molecule has 1 unspecified atom stereocenters. The zero-order chi connectivity index (χ0) is 11.8. The summed E-state index contributed by atoms with van der Waals surface area (Å²) in [5.41, 5.74) is -1.35. The minimum atomic E-state index is -4.86. The Balaban J connectivity index is 3.00. The van der Waals surface area contributed by atoms with E-state index in [-0.39, 0.29) is 0 Å². The van der Waals surface area contributed by atoms with Crippen molar-refractivity contribution in [2.75, 3.05) is 0 Å². The molecule has 1 rings (SSSR count). The Morgan fingerprint density at radius 3 is 2.27 bits per heavy atom. The summed E-state index contributed by atoms with van der Waals surface area (Å²) in [6.07, 6.45) is -7.39. The molecule has 1 amide bonds. The zero-order valence-electron chi connectivity index (χ0n) is 6.83. The summed E-state index contributed by atoms with van der Waals surface area (Å²) in [7, 11) is 0. The van der Waals surface area contributed by atoms with Crippen molar-refractivity contribution in [3.8, 4) is 0 Å². The lowest BCUT2D eigenvalue weighted by molar-refractivity contribution is -0.423. The number of carbonyl (C=O) groups excluding carboxylic acids is 1. The molecule has 0 saturated carbocycles. The SMILES string of the molecule is O=C1NC(C(F)(F)F)NC(O)=C1[N+](=O)[O-]. The van der Waals surface area contributed by atoms with Crippen LogP contribution in [0.1, 0.15) is 0 Å². The number of alkyl halides is 3. The maximum atomic E-state index is 12.0. The maximum Gasteiger partial charge on any atom is 0.427 e. The van der Waals surface area contributed by atoms with Crippen molar-refractivity contribution >= 4 is 5.91 Å².